The second-order valence-electron chi connectivity index (χ2n) is 4.45. The van der Waals surface area contributed by atoms with E-state index < -0.39 is 4.92 Å². The van der Waals surface area contributed by atoms with Crippen molar-refractivity contribution in [3.05, 3.63) is 28.4 Å². The summed E-state index contributed by atoms with van der Waals surface area (Å²) in [5.74, 6) is -0.109. The van der Waals surface area contributed by atoms with Crippen LogP contribution in [0, 0.1) is 10.1 Å². The maximum Gasteiger partial charge on any atom is 0.363 e. The van der Waals surface area contributed by atoms with Crippen molar-refractivity contribution < 1.29 is 9.66 Å². The van der Waals surface area contributed by atoms with Crippen LogP contribution in [0.15, 0.2) is 18.3 Å². The number of piperazine rings is 1. The van der Waals surface area contributed by atoms with Crippen LogP contribution in [0.5, 0.6) is 0 Å². The van der Waals surface area contributed by atoms with Gasteiger partial charge in [0.25, 0.3) is 0 Å². The average molecular weight is 266 g/mol. The predicted octanol–water partition coefficient (Wildman–Crippen LogP) is 0.758. The highest BCUT2D eigenvalue weighted by Gasteiger charge is 2.18. The van der Waals surface area contributed by atoms with Crippen molar-refractivity contribution in [3.8, 4) is 0 Å². The molecule has 1 aliphatic heterocycles. The lowest BCUT2D eigenvalue weighted by molar-refractivity contribution is -0.389. The number of rotatable bonds is 5. The highest BCUT2D eigenvalue weighted by molar-refractivity contribution is 5.46. The number of methoxy groups -OCH3 is 1. The summed E-state index contributed by atoms with van der Waals surface area (Å²) in [5, 5.41) is 10.5. The Hall–Kier alpha value is -1.73. The quantitative estimate of drug-likeness (QED) is 0.578. The van der Waals surface area contributed by atoms with E-state index in [-0.39, 0.29) is 5.82 Å². The lowest BCUT2D eigenvalue weighted by Gasteiger charge is -2.35. The van der Waals surface area contributed by atoms with Gasteiger partial charge in [-0.05, 0) is 16.0 Å². The number of hydrogen-bond donors (Lipinski definition) is 0. The minimum atomic E-state index is -0.480. The Kier molecular flexibility index (Phi) is 4.64. The Morgan fingerprint density at radius 1 is 1.37 bits per heavy atom. The summed E-state index contributed by atoms with van der Waals surface area (Å²) in [6.07, 6.45) is 1.57. The normalized spacial score (nSPS) is 16.6. The molecule has 1 aromatic rings. The first-order valence-electron chi connectivity index (χ1n) is 6.27. The molecule has 19 heavy (non-hydrogen) atoms. The van der Waals surface area contributed by atoms with E-state index in [4.69, 9.17) is 4.74 Å². The van der Waals surface area contributed by atoms with Gasteiger partial charge in [0.05, 0.1) is 12.3 Å². The van der Waals surface area contributed by atoms with Crippen molar-refractivity contribution in [2.75, 3.05) is 51.3 Å². The lowest BCUT2D eigenvalue weighted by Crippen LogP contribution is -2.47. The summed E-state index contributed by atoms with van der Waals surface area (Å²) in [5.41, 5.74) is 0.942. The minimum absolute atomic E-state index is 0.109. The number of ether oxygens (including phenoxy) is 1. The van der Waals surface area contributed by atoms with Gasteiger partial charge in [-0.25, -0.2) is 0 Å². The third-order valence-corrected chi connectivity index (χ3v) is 3.27. The third kappa shape index (κ3) is 3.62. The molecule has 0 radical (unpaired) electrons. The van der Waals surface area contributed by atoms with Crippen LogP contribution in [0.3, 0.4) is 0 Å². The van der Waals surface area contributed by atoms with Gasteiger partial charge in [0, 0.05) is 45.9 Å². The molecule has 2 heterocycles. The van der Waals surface area contributed by atoms with Crippen molar-refractivity contribution >= 4 is 11.5 Å². The van der Waals surface area contributed by atoms with E-state index in [0.717, 1.165) is 45.0 Å². The first-order valence-corrected chi connectivity index (χ1v) is 6.27. The highest BCUT2D eigenvalue weighted by Crippen LogP contribution is 2.17. The zero-order valence-electron chi connectivity index (χ0n) is 11.0. The predicted molar refractivity (Wildman–Crippen MR) is 71.4 cm³/mol. The van der Waals surface area contributed by atoms with Gasteiger partial charge in [0.1, 0.15) is 0 Å². The molecule has 0 aliphatic carbocycles. The van der Waals surface area contributed by atoms with E-state index in [2.05, 4.69) is 14.8 Å². The fourth-order valence-electron chi connectivity index (χ4n) is 2.12. The first-order chi connectivity index (χ1) is 9.20. The standard InChI is InChI=1S/C12H18N4O3/c1-19-9-8-14-4-6-15(7-5-14)11-2-3-12(13-10-11)16(17)18/h2-3,10H,4-9H2,1H3. The molecule has 0 N–H and O–H groups in total. The topological polar surface area (TPSA) is 71.7 Å². The Morgan fingerprint density at radius 3 is 2.63 bits per heavy atom. The largest absolute Gasteiger partial charge is 0.383 e. The number of hydrogen-bond acceptors (Lipinski definition) is 6. The second kappa shape index (κ2) is 6.44. The van der Waals surface area contributed by atoms with Gasteiger partial charge in [-0.2, -0.15) is 0 Å². The van der Waals surface area contributed by atoms with Gasteiger partial charge in [0.2, 0.25) is 0 Å². The molecule has 0 spiro atoms. The van der Waals surface area contributed by atoms with Crippen molar-refractivity contribution in [1.82, 2.24) is 9.88 Å². The highest BCUT2D eigenvalue weighted by atomic mass is 16.6. The molecule has 0 atom stereocenters. The van der Waals surface area contributed by atoms with Gasteiger partial charge in [-0.15, -0.1) is 0 Å². The van der Waals surface area contributed by atoms with Gasteiger partial charge >= 0.3 is 5.82 Å². The molecule has 7 nitrogen and oxygen atoms in total. The molecular weight excluding hydrogens is 248 g/mol. The molecule has 2 rings (SSSR count). The van der Waals surface area contributed by atoms with Crippen molar-refractivity contribution in [2.45, 2.75) is 0 Å². The van der Waals surface area contributed by atoms with Crippen LogP contribution < -0.4 is 4.90 Å². The molecule has 0 amide bonds. The van der Waals surface area contributed by atoms with E-state index in [1.165, 1.54) is 6.07 Å². The first kappa shape index (κ1) is 13.7. The lowest BCUT2D eigenvalue weighted by atomic mass is 10.2. The minimum Gasteiger partial charge on any atom is -0.383 e. The fourth-order valence-corrected chi connectivity index (χ4v) is 2.12. The number of aromatic nitrogens is 1. The molecule has 7 heteroatoms. The van der Waals surface area contributed by atoms with Crippen LogP contribution in [0.25, 0.3) is 0 Å². The van der Waals surface area contributed by atoms with Crippen LogP contribution in [0.4, 0.5) is 11.5 Å². The molecule has 0 bridgehead atoms. The number of anilines is 1. The summed E-state index contributed by atoms with van der Waals surface area (Å²) in [4.78, 5) is 18.5. The van der Waals surface area contributed by atoms with Crippen molar-refractivity contribution in [2.24, 2.45) is 0 Å². The molecule has 1 aromatic heterocycles. The molecular formula is C12H18N4O3. The summed E-state index contributed by atoms with van der Waals surface area (Å²) >= 11 is 0. The summed E-state index contributed by atoms with van der Waals surface area (Å²) in [7, 11) is 1.71. The zero-order chi connectivity index (χ0) is 13.7. The molecule has 1 fully saturated rings. The third-order valence-electron chi connectivity index (χ3n) is 3.27. The van der Waals surface area contributed by atoms with Gasteiger partial charge in [-0.1, -0.05) is 0 Å². The molecule has 0 unspecified atom stereocenters. The Morgan fingerprint density at radius 2 is 2.11 bits per heavy atom. The zero-order valence-corrected chi connectivity index (χ0v) is 11.0. The Labute approximate surface area is 111 Å². The Balaban J connectivity index is 1.88. The number of pyridine rings is 1. The van der Waals surface area contributed by atoms with Crippen molar-refractivity contribution in [3.63, 3.8) is 0 Å². The van der Waals surface area contributed by atoms with Crippen LogP contribution in [0.1, 0.15) is 0 Å². The van der Waals surface area contributed by atoms with Crippen LogP contribution >= 0.6 is 0 Å². The van der Waals surface area contributed by atoms with E-state index >= 15 is 0 Å². The van der Waals surface area contributed by atoms with Crippen LogP contribution in [-0.2, 0) is 4.74 Å². The maximum absolute atomic E-state index is 10.5. The molecule has 0 saturated carbocycles. The smallest absolute Gasteiger partial charge is 0.363 e. The molecule has 1 aliphatic rings. The van der Waals surface area contributed by atoms with E-state index in [9.17, 15) is 10.1 Å². The maximum atomic E-state index is 10.5. The Bertz CT molecular complexity index is 415. The summed E-state index contributed by atoms with van der Waals surface area (Å²) in [6, 6.07) is 3.21. The van der Waals surface area contributed by atoms with Gasteiger partial charge in [-0.3, -0.25) is 4.90 Å². The fraction of sp³-hybridized carbons (Fsp3) is 0.583. The van der Waals surface area contributed by atoms with Crippen LogP contribution in [0.2, 0.25) is 0 Å². The molecule has 104 valence electrons. The monoisotopic (exact) mass is 266 g/mol. The van der Waals surface area contributed by atoms with Crippen molar-refractivity contribution in [1.29, 1.82) is 0 Å². The average Bonchev–Trinajstić information content (AvgIpc) is 2.46. The summed E-state index contributed by atoms with van der Waals surface area (Å²) < 4.78 is 5.06. The van der Waals surface area contributed by atoms with E-state index in [0.29, 0.717) is 0 Å². The SMILES string of the molecule is COCCN1CCN(c2ccc([N+](=O)[O-])nc2)CC1. The van der Waals surface area contributed by atoms with E-state index in [1.807, 2.05) is 0 Å². The number of nitrogens with zero attached hydrogens (tertiary/aromatic N) is 4. The number of nitro groups is 1. The van der Waals surface area contributed by atoms with E-state index in [1.54, 1.807) is 19.4 Å². The molecule has 0 aromatic carbocycles. The second-order valence-corrected chi connectivity index (χ2v) is 4.45. The summed E-state index contributed by atoms with van der Waals surface area (Å²) in [6.45, 7) is 5.45. The molecule has 1 saturated heterocycles. The van der Waals surface area contributed by atoms with Crippen LogP contribution in [-0.4, -0.2) is 61.2 Å². The van der Waals surface area contributed by atoms with Gasteiger partial charge in [0.15, 0.2) is 6.20 Å². The van der Waals surface area contributed by atoms with Gasteiger partial charge < -0.3 is 19.8 Å².